The number of likely N-dealkylation sites (tertiary alicyclic amines) is 1. The maximum absolute atomic E-state index is 14.1. The van der Waals surface area contributed by atoms with E-state index in [9.17, 15) is 19.5 Å². The normalized spacial score (nSPS) is 19.6. The monoisotopic (exact) mass is 616 g/mol. The van der Waals surface area contributed by atoms with Gasteiger partial charge in [-0.05, 0) is 64.6 Å². The topological polar surface area (TPSA) is 116 Å². The van der Waals surface area contributed by atoms with Gasteiger partial charge in [0.25, 0.3) is 0 Å². The quantitative estimate of drug-likeness (QED) is 0.292. The molecule has 4 N–H and O–H groups in total. The van der Waals surface area contributed by atoms with Crippen LogP contribution in [0.5, 0.6) is 0 Å². The van der Waals surface area contributed by atoms with E-state index in [4.69, 9.17) is 17.3 Å². The third kappa shape index (κ3) is 6.70. The summed E-state index contributed by atoms with van der Waals surface area (Å²) in [5, 5.41) is 14.0. The summed E-state index contributed by atoms with van der Waals surface area (Å²) in [6, 6.07) is 20.3. The summed E-state index contributed by atoms with van der Waals surface area (Å²) in [6.07, 6.45) is 0.851. The molecule has 0 aliphatic carbocycles. The molecule has 8 nitrogen and oxygen atoms in total. The molecule has 2 heterocycles. The summed E-state index contributed by atoms with van der Waals surface area (Å²) < 4.78 is 0. The summed E-state index contributed by atoms with van der Waals surface area (Å²) in [7, 11) is 0. The number of amides is 3. The number of rotatable bonds is 6. The van der Waals surface area contributed by atoms with E-state index in [-0.39, 0.29) is 24.7 Å². The highest BCUT2D eigenvalue weighted by Gasteiger charge is 2.46. The molecule has 3 aromatic carbocycles. The van der Waals surface area contributed by atoms with Crippen molar-refractivity contribution in [1.29, 1.82) is 0 Å². The Morgan fingerprint density at radius 1 is 0.955 bits per heavy atom. The highest BCUT2D eigenvalue weighted by molar-refractivity contribution is 6.30. The minimum atomic E-state index is -1.16. The Morgan fingerprint density at radius 3 is 2.18 bits per heavy atom. The predicted molar refractivity (Wildman–Crippen MR) is 172 cm³/mol. The first-order chi connectivity index (χ1) is 20.9. The summed E-state index contributed by atoms with van der Waals surface area (Å²) in [5.41, 5.74) is 10.3. The maximum Gasteiger partial charge on any atom is 0.408 e. The molecule has 0 radical (unpaired) electrons. The van der Waals surface area contributed by atoms with E-state index in [1.165, 1.54) is 4.90 Å². The molecule has 0 aromatic heterocycles. The summed E-state index contributed by atoms with van der Waals surface area (Å²) in [6.45, 7) is 7.00. The van der Waals surface area contributed by atoms with E-state index >= 15 is 0 Å². The number of piperidine rings is 1. The molecule has 2 aliphatic rings. The van der Waals surface area contributed by atoms with Gasteiger partial charge in [-0.2, -0.15) is 0 Å². The summed E-state index contributed by atoms with van der Waals surface area (Å²) in [4.78, 5) is 44.0. The van der Waals surface area contributed by atoms with Crippen LogP contribution < -0.4 is 11.1 Å². The summed E-state index contributed by atoms with van der Waals surface area (Å²) >= 11 is 6.12. The molecule has 2 aliphatic heterocycles. The van der Waals surface area contributed by atoms with Crippen LogP contribution in [0.15, 0.2) is 72.8 Å². The molecule has 1 unspecified atom stereocenters. The van der Waals surface area contributed by atoms with Crippen molar-refractivity contribution in [2.24, 2.45) is 5.41 Å². The Bertz CT molecular complexity index is 1510. The first-order valence-electron chi connectivity index (χ1n) is 15.2. The number of benzene rings is 3. The SMILES string of the molecule is CC(C)(C)C1c2ccccc2C[C@@H](C(=O)N[C@H](Cc2ccc(Cl)cc2)C(=O)N2CCC(c3ccccc3N)CC2)N1C(=O)O. The van der Waals surface area contributed by atoms with Crippen molar-refractivity contribution >= 4 is 35.2 Å². The number of fused-ring (bicyclic) bond motifs is 1. The number of hydrogen-bond donors (Lipinski definition) is 3. The van der Waals surface area contributed by atoms with Crippen LogP contribution in [0.4, 0.5) is 10.5 Å². The van der Waals surface area contributed by atoms with Crippen molar-refractivity contribution in [2.45, 2.75) is 70.5 Å². The van der Waals surface area contributed by atoms with Crippen LogP contribution in [0.3, 0.4) is 0 Å². The first kappa shape index (κ1) is 31.4. The van der Waals surface area contributed by atoms with Gasteiger partial charge in [-0.25, -0.2) is 4.79 Å². The molecule has 5 rings (SSSR count). The molecule has 0 spiro atoms. The third-order valence-corrected chi connectivity index (χ3v) is 9.18. The molecule has 3 atom stereocenters. The number of carbonyl (C=O) groups is 3. The lowest BCUT2D eigenvalue weighted by Crippen LogP contribution is -2.60. The number of hydrogen-bond acceptors (Lipinski definition) is 4. The van der Waals surface area contributed by atoms with E-state index in [0.717, 1.165) is 40.8 Å². The van der Waals surface area contributed by atoms with Gasteiger partial charge in [0.2, 0.25) is 11.8 Å². The van der Waals surface area contributed by atoms with E-state index in [0.29, 0.717) is 18.1 Å². The minimum absolute atomic E-state index is 0.182. The van der Waals surface area contributed by atoms with Crippen LogP contribution in [0, 0.1) is 5.41 Å². The van der Waals surface area contributed by atoms with Crippen LogP contribution in [0.1, 0.15) is 67.8 Å². The van der Waals surface area contributed by atoms with Gasteiger partial charge in [0.15, 0.2) is 0 Å². The molecule has 1 saturated heterocycles. The van der Waals surface area contributed by atoms with E-state index in [2.05, 4.69) is 5.32 Å². The van der Waals surface area contributed by atoms with Gasteiger partial charge in [-0.1, -0.05) is 87.0 Å². The fourth-order valence-electron chi connectivity index (χ4n) is 6.81. The van der Waals surface area contributed by atoms with Gasteiger partial charge < -0.3 is 21.1 Å². The first-order valence-corrected chi connectivity index (χ1v) is 15.6. The van der Waals surface area contributed by atoms with Gasteiger partial charge in [-0.3, -0.25) is 14.5 Å². The minimum Gasteiger partial charge on any atom is -0.465 e. The Kier molecular flexibility index (Phi) is 9.20. The van der Waals surface area contributed by atoms with Crippen molar-refractivity contribution in [1.82, 2.24) is 15.1 Å². The van der Waals surface area contributed by atoms with Crippen LogP contribution >= 0.6 is 11.6 Å². The predicted octanol–water partition coefficient (Wildman–Crippen LogP) is 6.05. The number of nitrogens with zero attached hydrogens (tertiary/aromatic N) is 2. The standard InChI is InChI=1S/C35H41ClN4O4/c1-35(2,3)31-27-10-5-4-8-24(27)21-30(40(31)34(43)44)32(41)38-29(20-22-12-14-25(36)15-13-22)33(42)39-18-16-23(17-19-39)26-9-6-7-11-28(26)37/h4-15,23,29-31H,16-21,37H2,1-3H3,(H,38,41)(H,43,44)/t29-,30+,31?/m1/s1. The lowest BCUT2D eigenvalue weighted by Gasteiger charge is -2.46. The number of nitrogens with two attached hydrogens (primary N) is 1. The number of para-hydroxylation sites is 1. The van der Waals surface area contributed by atoms with Crippen molar-refractivity contribution < 1.29 is 19.5 Å². The van der Waals surface area contributed by atoms with Crippen LogP contribution in [0.2, 0.25) is 5.02 Å². The van der Waals surface area contributed by atoms with E-state index < -0.39 is 35.5 Å². The molecule has 3 amide bonds. The molecule has 3 aromatic rings. The molecule has 9 heteroatoms. The Hall–Kier alpha value is -4.04. The smallest absolute Gasteiger partial charge is 0.408 e. The van der Waals surface area contributed by atoms with Crippen molar-refractivity contribution in [3.05, 3.63) is 100 Å². The molecule has 232 valence electrons. The van der Waals surface area contributed by atoms with Gasteiger partial charge in [0, 0.05) is 36.6 Å². The van der Waals surface area contributed by atoms with Crippen LogP contribution in [-0.4, -0.2) is 58.0 Å². The zero-order chi connectivity index (χ0) is 31.6. The molecule has 1 fully saturated rings. The number of carbonyl (C=O) groups excluding carboxylic acids is 2. The highest BCUT2D eigenvalue weighted by Crippen LogP contribution is 2.44. The molecular weight excluding hydrogens is 576 g/mol. The fraction of sp³-hybridized carbons (Fsp3) is 0.400. The van der Waals surface area contributed by atoms with Gasteiger partial charge >= 0.3 is 6.09 Å². The average molecular weight is 617 g/mol. The van der Waals surface area contributed by atoms with E-state index in [1.54, 1.807) is 17.0 Å². The second kappa shape index (κ2) is 12.9. The van der Waals surface area contributed by atoms with Crippen molar-refractivity contribution in [2.75, 3.05) is 18.8 Å². The molecule has 44 heavy (non-hydrogen) atoms. The van der Waals surface area contributed by atoms with Gasteiger partial charge in [-0.15, -0.1) is 0 Å². The lowest BCUT2D eigenvalue weighted by molar-refractivity contribution is -0.139. The second-order valence-electron chi connectivity index (χ2n) is 13.0. The van der Waals surface area contributed by atoms with E-state index in [1.807, 2.05) is 81.4 Å². The molecular formula is C35H41ClN4O4. The number of anilines is 1. The average Bonchev–Trinajstić information content (AvgIpc) is 3.00. The largest absolute Gasteiger partial charge is 0.465 e. The van der Waals surface area contributed by atoms with Gasteiger partial charge in [0.1, 0.15) is 12.1 Å². The van der Waals surface area contributed by atoms with Crippen LogP contribution in [0.25, 0.3) is 0 Å². The Labute approximate surface area is 264 Å². The Balaban J connectivity index is 1.40. The maximum atomic E-state index is 14.1. The third-order valence-electron chi connectivity index (χ3n) is 8.93. The zero-order valence-electron chi connectivity index (χ0n) is 25.5. The number of nitrogen functional groups attached to an aromatic ring is 1. The number of carboxylic acid groups (broad SMARTS) is 1. The summed E-state index contributed by atoms with van der Waals surface area (Å²) in [5.74, 6) is -0.404. The zero-order valence-corrected chi connectivity index (χ0v) is 26.3. The highest BCUT2D eigenvalue weighted by atomic mass is 35.5. The number of halogens is 1. The molecule has 0 saturated carbocycles. The lowest BCUT2D eigenvalue weighted by atomic mass is 9.75. The van der Waals surface area contributed by atoms with Crippen LogP contribution in [-0.2, 0) is 22.4 Å². The second-order valence-corrected chi connectivity index (χ2v) is 13.4. The Morgan fingerprint density at radius 2 is 1.57 bits per heavy atom. The number of nitrogens with one attached hydrogen (secondary N) is 1. The van der Waals surface area contributed by atoms with Crippen molar-refractivity contribution in [3.8, 4) is 0 Å². The van der Waals surface area contributed by atoms with Gasteiger partial charge in [0.05, 0.1) is 6.04 Å². The molecule has 0 bridgehead atoms. The fourth-order valence-corrected chi connectivity index (χ4v) is 6.93. The van der Waals surface area contributed by atoms with Crippen molar-refractivity contribution in [3.63, 3.8) is 0 Å².